The third-order valence-corrected chi connectivity index (χ3v) is 2.70. The summed E-state index contributed by atoms with van der Waals surface area (Å²) >= 11 is -2.05. The van der Waals surface area contributed by atoms with E-state index in [1.54, 1.807) is 0 Å². The molecule has 0 fully saturated rings. The zero-order valence-corrected chi connectivity index (χ0v) is 8.19. The van der Waals surface area contributed by atoms with E-state index in [1.165, 1.54) is 4.31 Å². The molecule has 11 heavy (non-hydrogen) atoms. The normalized spacial score (nSPS) is 16.8. The summed E-state index contributed by atoms with van der Waals surface area (Å²) in [4.78, 5) is 0. The first-order valence-electron chi connectivity index (χ1n) is 3.99. The van der Waals surface area contributed by atoms with E-state index < -0.39 is 11.3 Å². The van der Waals surface area contributed by atoms with Gasteiger partial charge in [-0.25, -0.2) is 4.31 Å². The quantitative estimate of drug-likeness (QED) is 0.595. The average Bonchev–Trinajstić information content (AvgIpc) is 1.88. The van der Waals surface area contributed by atoms with Gasteiger partial charge in [-0.15, -0.1) is 0 Å². The Labute approximate surface area is 71.2 Å². The van der Waals surface area contributed by atoms with Crippen molar-refractivity contribution in [1.82, 2.24) is 4.31 Å². The van der Waals surface area contributed by atoms with Gasteiger partial charge in [-0.3, -0.25) is 4.21 Å². The van der Waals surface area contributed by atoms with Crippen molar-refractivity contribution in [3.8, 4) is 0 Å². The zero-order chi connectivity index (χ0) is 8.85. The highest BCUT2D eigenvalue weighted by atomic mass is 32.2. The fraction of sp³-hybridized carbons (Fsp3) is 1.00. The van der Waals surface area contributed by atoms with Crippen LogP contribution in [0.3, 0.4) is 0 Å². The summed E-state index contributed by atoms with van der Waals surface area (Å²) in [6.07, 6.45) is 1.96. The molecule has 0 spiro atoms. The zero-order valence-electron chi connectivity index (χ0n) is 7.37. The van der Waals surface area contributed by atoms with Gasteiger partial charge < -0.3 is 4.55 Å². The minimum Gasteiger partial charge on any atom is -0.760 e. The van der Waals surface area contributed by atoms with E-state index in [2.05, 4.69) is 6.92 Å². The Hall–Kier alpha value is 0.0700. The van der Waals surface area contributed by atoms with Gasteiger partial charge >= 0.3 is 0 Å². The van der Waals surface area contributed by atoms with Crippen molar-refractivity contribution in [3.05, 3.63) is 0 Å². The molecular weight excluding hydrogens is 162 g/mol. The third kappa shape index (κ3) is 3.84. The number of nitrogens with zero attached hydrogens (tertiary/aromatic N) is 1. The second-order valence-corrected chi connectivity index (χ2v) is 3.49. The van der Waals surface area contributed by atoms with Gasteiger partial charge in [0.1, 0.15) is 0 Å². The van der Waals surface area contributed by atoms with Gasteiger partial charge in [0.05, 0.1) is 0 Å². The maximum absolute atomic E-state index is 10.6. The summed E-state index contributed by atoms with van der Waals surface area (Å²) in [5, 5.41) is 0. The number of rotatable bonds is 5. The molecule has 2 atom stereocenters. The Morgan fingerprint density at radius 1 is 1.55 bits per heavy atom. The van der Waals surface area contributed by atoms with Crippen LogP contribution >= 0.6 is 0 Å². The molecule has 0 bridgehead atoms. The molecule has 0 aromatic carbocycles. The first-order chi connectivity index (χ1) is 5.13. The largest absolute Gasteiger partial charge is 0.760 e. The highest BCUT2D eigenvalue weighted by Gasteiger charge is 2.10. The maximum atomic E-state index is 10.6. The van der Waals surface area contributed by atoms with E-state index in [-0.39, 0.29) is 6.04 Å². The van der Waals surface area contributed by atoms with Gasteiger partial charge in [0, 0.05) is 23.9 Å². The van der Waals surface area contributed by atoms with Crippen LogP contribution in [0.4, 0.5) is 0 Å². The van der Waals surface area contributed by atoms with Crippen molar-refractivity contribution >= 4 is 11.3 Å². The van der Waals surface area contributed by atoms with E-state index in [0.717, 1.165) is 12.8 Å². The molecule has 68 valence electrons. The van der Waals surface area contributed by atoms with Crippen LogP contribution in [0.2, 0.25) is 0 Å². The molecule has 0 rings (SSSR count). The molecule has 0 saturated heterocycles. The second kappa shape index (κ2) is 5.69. The number of hydrogen-bond donors (Lipinski definition) is 0. The lowest BCUT2D eigenvalue weighted by Gasteiger charge is -2.28. The van der Waals surface area contributed by atoms with Gasteiger partial charge in [0.25, 0.3) is 0 Å². The van der Waals surface area contributed by atoms with Crippen molar-refractivity contribution in [2.24, 2.45) is 0 Å². The molecule has 0 radical (unpaired) electrons. The third-order valence-electron chi connectivity index (χ3n) is 1.70. The van der Waals surface area contributed by atoms with Crippen LogP contribution in [-0.4, -0.2) is 25.7 Å². The molecule has 4 heteroatoms. The monoisotopic (exact) mass is 178 g/mol. The lowest BCUT2D eigenvalue weighted by Crippen LogP contribution is -2.34. The molecule has 0 amide bonds. The summed E-state index contributed by atoms with van der Waals surface area (Å²) in [6.45, 7) is 6.40. The van der Waals surface area contributed by atoms with Crippen LogP contribution in [0.1, 0.15) is 33.6 Å². The lowest BCUT2D eigenvalue weighted by molar-refractivity contribution is 0.320. The van der Waals surface area contributed by atoms with E-state index in [9.17, 15) is 8.76 Å². The van der Waals surface area contributed by atoms with E-state index in [0.29, 0.717) is 6.54 Å². The summed E-state index contributed by atoms with van der Waals surface area (Å²) < 4.78 is 22.6. The lowest BCUT2D eigenvalue weighted by atomic mass is 10.2. The molecule has 0 aliphatic carbocycles. The highest BCUT2D eigenvalue weighted by Crippen LogP contribution is 2.06. The summed E-state index contributed by atoms with van der Waals surface area (Å²) in [7, 11) is 0. The van der Waals surface area contributed by atoms with E-state index >= 15 is 0 Å². The maximum Gasteiger partial charge on any atom is 0.0211 e. The van der Waals surface area contributed by atoms with Crippen molar-refractivity contribution in [2.75, 3.05) is 6.54 Å². The summed E-state index contributed by atoms with van der Waals surface area (Å²) in [6, 6.07) is 0.142. The van der Waals surface area contributed by atoms with Crippen LogP contribution in [0.15, 0.2) is 0 Å². The first kappa shape index (κ1) is 11.1. The standard InChI is InChI=1S/C7H17NO2S/c1-4-6-7(3)8(5-2)11(9)10/h7H,4-6H2,1-3H3,(H,9,10)/p-1. The Bertz CT molecular complexity index is 130. The molecular formula is C7H16NO2S-. The predicted molar refractivity (Wildman–Crippen MR) is 45.7 cm³/mol. The molecule has 0 aromatic heterocycles. The van der Waals surface area contributed by atoms with E-state index in [1.807, 2.05) is 13.8 Å². The fourth-order valence-electron chi connectivity index (χ4n) is 1.13. The Morgan fingerprint density at radius 3 is 2.36 bits per heavy atom. The van der Waals surface area contributed by atoms with Crippen LogP contribution in [0.25, 0.3) is 0 Å². The van der Waals surface area contributed by atoms with E-state index in [4.69, 9.17) is 0 Å². The molecule has 0 heterocycles. The molecule has 0 aliphatic heterocycles. The molecule has 0 N–H and O–H groups in total. The second-order valence-electron chi connectivity index (χ2n) is 2.59. The fourth-order valence-corrected chi connectivity index (χ4v) is 1.74. The smallest absolute Gasteiger partial charge is 0.0211 e. The topological polar surface area (TPSA) is 43.4 Å². The molecule has 3 nitrogen and oxygen atoms in total. The van der Waals surface area contributed by atoms with Crippen molar-refractivity contribution < 1.29 is 8.76 Å². The van der Waals surface area contributed by atoms with Crippen molar-refractivity contribution in [1.29, 1.82) is 0 Å². The molecule has 0 saturated carbocycles. The minimum atomic E-state index is -2.05. The Kier molecular flexibility index (Phi) is 5.72. The van der Waals surface area contributed by atoms with Crippen LogP contribution in [0, 0.1) is 0 Å². The van der Waals surface area contributed by atoms with Gasteiger partial charge in [0.2, 0.25) is 0 Å². The summed E-state index contributed by atoms with van der Waals surface area (Å²) in [5.41, 5.74) is 0. The Balaban J connectivity index is 3.91. The molecule has 2 unspecified atom stereocenters. The van der Waals surface area contributed by atoms with Crippen LogP contribution in [-0.2, 0) is 11.3 Å². The predicted octanol–water partition coefficient (Wildman–Crippen LogP) is 1.29. The van der Waals surface area contributed by atoms with Crippen molar-refractivity contribution in [2.45, 2.75) is 39.7 Å². The van der Waals surface area contributed by atoms with Gasteiger partial charge in [-0.2, -0.15) is 0 Å². The van der Waals surface area contributed by atoms with Gasteiger partial charge in [-0.05, 0) is 13.3 Å². The number of hydrogen-bond acceptors (Lipinski definition) is 2. The first-order valence-corrected chi connectivity index (χ1v) is 5.02. The molecule has 0 aromatic rings. The minimum absolute atomic E-state index is 0.142. The highest BCUT2D eigenvalue weighted by molar-refractivity contribution is 7.76. The molecule has 0 aliphatic rings. The van der Waals surface area contributed by atoms with Gasteiger partial charge in [0.15, 0.2) is 0 Å². The summed E-state index contributed by atoms with van der Waals surface area (Å²) in [5.74, 6) is 0. The van der Waals surface area contributed by atoms with Crippen molar-refractivity contribution in [3.63, 3.8) is 0 Å². The van der Waals surface area contributed by atoms with Crippen LogP contribution < -0.4 is 0 Å². The average molecular weight is 178 g/mol. The van der Waals surface area contributed by atoms with Gasteiger partial charge in [-0.1, -0.05) is 20.3 Å². The Morgan fingerprint density at radius 2 is 2.09 bits per heavy atom. The SMILES string of the molecule is CCCC(C)N(CC)S(=O)[O-]. The van der Waals surface area contributed by atoms with Crippen LogP contribution in [0.5, 0.6) is 0 Å².